The molecule has 0 spiro atoms. The molecule has 0 aliphatic carbocycles. The maximum absolute atomic E-state index is 11.5. The molecule has 0 bridgehead atoms. The van der Waals surface area contributed by atoms with Gasteiger partial charge in [0.15, 0.2) is 0 Å². The molecule has 2 rings (SSSR count). The monoisotopic (exact) mass is 234 g/mol. The number of hydrogen-bond donors (Lipinski definition) is 2. The number of carbonyl (C=O) groups is 1. The number of rotatable bonds is 5. The van der Waals surface area contributed by atoms with Gasteiger partial charge in [-0.05, 0) is 6.07 Å². The molecule has 2 aromatic rings. The molecule has 0 saturated carbocycles. The maximum atomic E-state index is 11.5. The second-order valence-corrected chi connectivity index (χ2v) is 3.59. The number of hydrogen-bond acceptors (Lipinski definition) is 4. The van der Waals surface area contributed by atoms with Gasteiger partial charge >= 0.3 is 0 Å². The standard InChI is InChI=1S/C10H14N6O/c11-9-6-14-16(7-9)8-10(17)12-3-5-15-4-1-2-13-15/h1-2,4,6-7H,3,5,8,11H2,(H,12,17). The summed E-state index contributed by atoms with van der Waals surface area (Å²) in [4.78, 5) is 11.5. The van der Waals surface area contributed by atoms with Crippen molar-refractivity contribution in [2.75, 3.05) is 12.3 Å². The third-order valence-electron chi connectivity index (χ3n) is 2.18. The molecule has 1 amide bonds. The van der Waals surface area contributed by atoms with Gasteiger partial charge in [-0.15, -0.1) is 0 Å². The lowest BCUT2D eigenvalue weighted by atomic mass is 10.5. The summed E-state index contributed by atoms with van der Waals surface area (Å²) in [6.45, 7) is 1.37. The van der Waals surface area contributed by atoms with E-state index in [4.69, 9.17) is 5.73 Å². The average Bonchev–Trinajstić information content (AvgIpc) is 2.90. The third-order valence-corrected chi connectivity index (χ3v) is 2.18. The van der Waals surface area contributed by atoms with Crippen molar-refractivity contribution >= 4 is 11.6 Å². The van der Waals surface area contributed by atoms with Crippen LogP contribution >= 0.6 is 0 Å². The Bertz CT molecular complexity index is 475. The Morgan fingerprint density at radius 1 is 1.41 bits per heavy atom. The highest BCUT2D eigenvalue weighted by Crippen LogP contribution is 1.96. The van der Waals surface area contributed by atoms with Crippen LogP contribution in [0.2, 0.25) is 0 Å². The molecule has 0 aromatic carbocycles. The number of nitrogen functional groups attached to an aromatic ring is 1. The van der Waals surface area contributed by atoms with Crippen LogP contribution in [0.5, 0.6) is 0 Å². The van der Waals surface area contributed by atoms with E-state index >= 15 is 0 Å². The van der Waals surface area contributed by atoms with Gasteiger partial charge in [-0.2, -0.15) is 10.2 Å². The van der Waals surface area contributed by atoms with E-state index in [1.807, 2.05) is 12.3 Å². The fraction of sp³-hybridized carbons (Fsp3) is 0.300. The first-order valence-electron chi connectivity index (χ1n) is 5.26. The first kappa shape index (κ1) is 11.2. The van der Waals surface area contributed by atoms with Crippen molar-refractivity contribution < 1.29 is 4.79 Å². The Hall–Kier alpha value is -2.31. The minimum absolute atomic E-state index is 0.0970. The van der Waals surface area contributed by atoms with Gasteiger partial charge in [-0.3, -0.25) is 14.2 Å². The first-order valence-corrected chi connectivity index (χ1v) is 5.26. The number of carbonyl (C=O) groups excluding carboxylic acids is 1. The van der Waals surface area contributed by atoms with E-state index in [-0.39, 0.29) is 12.5 Å². The largest absolute Gasteiger partial charge is 0.396 e. The SMILES string of the molecule is Nc1cnn(CC(=O)NCCn2cccn2)c1. The van der Waals surface area contributed by atoms with Crippen LogP contribution in [0.25, 0.3) is 0 Å². The number of nitrogens with two attached hydrogens (primary N) is 1. The van der Waals surface area contributed by atoms with E-state index in [0.29, 0.717) is 18.8 Å². The lowest BCUT2D eigenvalue weighted by Crippen LogP contribution is -2.30. The summed E-state index contributed by atoms with van der Waals surface area (Å²) in [7, 11) is 0. The van der Waals surface area contributed by atoms with Crippen molar-refractivity contribution in [3.8, 4) is 0 Å². The predicted molar refractivity (Wildman–Crippen MR) is 61.9 cm³/mol. The Labute approximate surface area is 98.2 Å². The Morgan fingerprint density at radius 3 is 2.94 bits per heavy atom. The molecule has 0 unspecified atom stereocenters. The van der Waals surface area contributed by atoms with Crippen molar-refractivity contribution in [3.63, 3.8) is 0 Å². The van der Waals surface area contributed by atoms with E-state index in [1.165, 1.54) is 10.9 Å². The fourth-order valence-corrected chi connectivity index (χ4v) is 1.41. The first-order chi connectivity index (χ1) is 8.24. The minimum Gasteiger partial charge on any atom is -0.396 e. The molecule has 0 aliphatic heterocycles. The highest BCUT2D eigenvalue weighted by atomic mass is 16.2. The summed E-state index contributed by atoms with van der Waals surface area (Å²) in [6.07, 6.45) is 6.68. The van der Waals surface area contributed by atoms with Crippen molar-refractivity contribution in [1.82, 2.24) is 24.9 Å². The molecule has 0 saturated heterocycles. The third kappa shape index (κ3) is 3.33. The van der Waals surface area contributed by atoms with Crippen LogP contribution in [-0.4, -0.2) is 32.0 Å². The average molecular weight is 234 g/mol. The van der Waals surface area contributed by atoms with Crippen LogP contribution in [0.3, 0.4) is 0 Å². The Morgan fingerprint density at radius 2 is 2.29 bits per heavy atom. The molecule has 7 heteroatoms. The van der Waals surface area contributed by atoms with Crippen molar-refractivity contribution in [1.29, 1.82) is 0 Å². The zero-order valence-electron chi connectivity index (χ0n) is 9.28. The Kier molecular flexibility index (Phi) is 3.39. The van der Waals surface area contributed by atoms with Crippen LogP contribution < -0.4 is 11.1 Å². The van der Waals surface area contributed by atoms with E-state index in [2.05, 4.69) is 15.5 Å². The van der Waals surface area contributed by atoms with Crippen LogP contribution in [-0.2, 0) is 17.9 Å². The fourth-order valence-electron chi connectivity index (χ4n) is 1.41. The van der Waals surface area contributed by atoms with Crippen LogP contribution in [0.1, 0.15) is 0 Å². The van der Waals surface area contributed by atoms with E-state index in [1.54, 1.807) is 17.1 Å². The molecule has 0 aliphatic rings. The van der Waals surface area contributed by atoms with Gasteiger partial charge in [0.2, 0.25) is 5.91 Å². The van der Waals surface area contributed by atoms with Crippen molar-refractivity contribution in [2.24, 2.45) is 0 Å². The quantitative estimate of drug-likeness (QED) is 0.728. The molecule has 7 nitrogen and oxygen atoms in total. The molecule has 3 N–H and O–H groups in total. The van der Waals surface area contributed by atoms with Gasteiger partial charge in [-0.25, -0.2) is 0 Å². The molecule has 90 valence electrons. The van der Waals surface area contributed by atoms with Crippen molar-refractivity contribution in [3.05, 3.63) is 30.9 Å². The van der Waals surface area contributed by atoms with Gasteiger partial charge in [0.1, 0.15) is 6.54 Å². The van der Waals surface area contributed by atoms with Gasteiger partial charge in [-0.1, -0.05) is 0 Å². The second kappa shape index (κ2) is 5.15. The number of nitrogens with one attached hydrogen (secondary N) is 1. The molecule has 17 heavy (non-hydrogen) atoms. The molecular weight excluding hydrogens is 220 g/mol. The highest BCUT2D eigenvalue weighted by molar-refractivity contribution is 5.75. The van der Waals surface area contributed by atoms with Gasteiger partial charge in [0.05, 0.1) is 18.4 Å². The minimum atomic E-state index is -0.0970. The maximum Gasteiger partial charge on any atom is 0.241 e. The Balaban J connectivity index is 1.71. The van der Waals surface area contributed by atoms with Crippen LogP contribution in [0.15, 0.2) is 30.9 Å². The smallest absolute Gasteiger partial charge is 0.241 e. The van der Waals surface area contributed by atoms with E-state index < -0.39 is 0 Å². The molecule has 0 fully saturated rings. The molecule has 2 aromatic heterocycles. The van der Waals surface area contributed by atoms with Crippen LogP contribution in [0.4, 0.5) is 5.69 Å². The normalized spacial score (nSPS) is 10.4. The summed E-state index contributed by atoms with van der Waals surface area (Å²) in [5.74, 6) is -0.0970. The summed E-state index contributed by atoms with van der Waals surface area (Å²) >= 11 is 0. The zero-order chi connectivity index (χ0) is 12.1. The lowest BCUT2D eigenvalue weighted by Gasteiger charge is -2.05. The lowest BCUT2D eigenvalue weighted by molar-refractivity contribution is -0.121. The van der Waals surface area contributed by atoms with Crippen molar-refractivity contribution in [2.45, 2.75) is 13.1 Å². The summed E-state index contributed by atoms with van der Waals surface area (Å²) in [5.41, 5.74) is 6.04. The summed E-state index contributed by atoms with van der Waals surface area (Å²) < 4.78 is 3.25. The highest BCUT2D eigenvalue weighted by Gasteiger charge is 2.03. The van der Waals surface area contributed by atoms with Gasteiger partial charge in [0.25, 0.3) is 0 Å². The van der Waals surface area contributed by atoms with Gasteiger partial charge < -0.3 is 11.1 Å². The van der Waals surface area contributed by atoms with E-state index in [9.17, 15) is 4.79 Å². The predicted octanol–water partition coefficient (Wildman–Crippen LogP) is -0.522. The summed E-state index contributed by atoms with van der Waals surface area (Å²) in [5, 5.41) is 10.7. The zero-order valence-corrected chi connectivity index (χ0v) is 9.28. The van der Waals surface area contributed by atoms with Gasteiger partial charge in [0, 0.05) is 25.1 Å². The molecule has 0 atom stereocenters. The molecule has 0 radical (unpaired) electrons. The number of amides is 1. The summed E-state index contributed by atoms with van der Waals surface area (Å²) in [6, 6.07) is 1.84. The number of anilines is 1. The second-order valence-electron chi connectivity index (χ2n) is 3.59. The number of nitrogens with zero attached hydrogens (tertiary/aromatic N) is 4. The number of aromatic nitrogens is 4. The van der Waals surface area contributed by atoms with Crippen LogP contribution in [0, 0.1) is 0 Å². The molecule has 2 heterocycles. The topological polar surface area (TPSA) is 90.8 Å². The molecular formula is C10H14N6O. The van der Waals surface area contributed by atoms with E-state index in [0.717, 1.165) is 0 Å².